The minimum Gasteiger partial charge on any atom is -0.301 e. The highest BCUT2D eigenvalue weighted by Crippen LogP contribution is 2.31. The van der Waals surface area contributed by atoms with Crippen molar-refractivity contribution in [2.24, 2.45) is 0 Å². The number of thioether (sulfide) groups is 1. The summed E-state index contributed by atoms with van der Waals surface area (Å²) in [6.07, 6.45) is 2.28. The summed E-state index contributed by atoms with van der Waals surface area (Å²) in [7, 11) is 0. The lowest BCUT2D eigenvalue weighted by Crippen LogP contribution is -2.20. The van der Waals surface area contributed by atoms with Crippen molar-refractivity contribution in [1.29, 1.82) is 5.26 Å². The van der Waals surface area contributed by atoms with Crippen LogP contribution in [0.15, 0.2) is 65.1 Å². The van der Waals surface area contributed by atoms with Gasteiger partial charge in [-0.2, -0.15) is 5.26 Å². The molecule has 0 amide bonds. The molecule has 0 bridgehead atoms. The predicted molar refractivity (Wildman–Crippen MR) is 107 cm³/mol. The molecule has 3 rings (SSSR count). The third-order valence-electron chi connectivity index (χ3n) is 4.25. The molecule has 3 aromatic rings. The zero-order valence-electron chi connectivity index (χ0n) is 14.5. The van der Waals surface area contributed by atoms with E-state index in [1.807, 2.05) is 49.4 Å². The summed E-state index contributed by atoms with van der Waals surface area (Å²) >= 11 is 1.40. The summed E-state index contributed by atoms with van der Waals surface area (Å²) in [6.45, 7) is 5.60. The molecular weight excluding hydrogens is 342 g/mol. The standard InChI is InChI=1S/C21H19N3OS/c1-3-12-26-21-23-19(15(4-2)20(25)24-21)18(13-22)17-11-7-9-14-8-5-6-10-16(14)17/h3,5-11,18H,1,4,12H2,2H3,(H,23,24,25). The molecule has 1 N–H and O–H groups in total. The number of aromatic nitrogens is 2. The molecule has 0 saturated carbocycles. The van der Waals surface area contributed by atoms with Gasteiger partial charge in [-0.25, -0.2) is 4.98 Å². The third kappa shape index (κ3) is 3.42. The van der Waals surface area contributed by atoms with Gasteiger partial charge in [-0.05, 0) is 22.8 Å². The first-order valence-corrected chi connectivity index (χ1v) is 9.42. The highest BCUT2D eigenvalue weighted by Gasteiger charge is 2.23. The van der Waals surface area contributed by atoms with Crippen molar-refractivity contribution in [2.45, 2.75) is 24.4 Å². The fourth-order valence-corrected chi connectivity index (χ4v) is 3.66. The van der Waals surface area contributed by atoms with E-state index in [1.54, 1.807) is 6.08 Å². The number of nitrogens with zero attached hydrogens (tertiary/aromatic N) is 2. The summed E-state index contributed by atoms with van der Waals surface area (Å²) < 4.78 is 0. The van der Waals surface area contributed by atoms with E-state index in [0.29, 0.717) is 28.6 Å². The molecule has 0 aliphatic rings. The van der Waals surface area contributed by atoms with Crippen LogP contribution in [0.25, 0.3) is 10.8 Å². The SMILES string of the molecule is C=CCSc1nc(C(C#N)c2cccc3ccccc23)c(CC)c(=O)[nH]1. The first-order valence-electron chi connectivity index (χ1n) is 8.43. The number of rotatable bonds is 6. The molecular formula is C21H19N3OS. The van der Waals surface area contributed by atoms with E-state index in [-0.39, 0.29) is 5.56 Å². The van der Waals surface area contributed by atoms with E-state index in [4.69, 9.17) is 0 Å². The average molecular weight is 361 g/mol. The summed E-state index contributed by atoms with van der Waals surface area (Å²) in [5.41, 5.74) is 1.80. The van der Waals surface area contributed by atoms with Crippen LogP contribution >= 0.6 is 11.8 Å². The molecule has 1 unspecified atom stereocenters. The molecule has 2 aromatic carbocycles. The van der Waals surface area contributed by atoms with Gasteiger partial charge in [0.15, 0.2) is 5.16 Å². The van der Waals surface area contributed by atoms with Crippen LogP contribution in [0.5, 0.6) is 0 Å². The lowest BCUT2D eigenvalue weighted by atomic mass is 9.89. The van der Waals surface area contributed by atoms with Gasteiger partial charge in [-0.3, -0.25) is 4.79 Å². The fourth-order valence-electron chi connectivity index (χ4n) is 3.06. The molecule has 1 heterocycles. The number of nitriles is 1. The van der Waals surface area contributed by atoms with E-state index >= 15 is 0 Å². The molecule has 0 fully saturated rings. The molecule has 0 spiro atoms. The molecule has 130 valence electrons. The van der Waals surface area contributed by atoms with Crippen LogP contribution in [0, 0.1) is 11.3 Å². The first-order chi connectivity index (χ1) is 12.7. The van der Waals surface area contributed by atoms with Crippen LogP contribution in [-0.2, 0) is 6.42 Å². The monoisotopic (exact) mass is 361 g/mol. The van der Waals surface area contributed by atoms with Gasteiger partial charge in [-0.1, -0.05) is 67.2 Å². The fraction of sp³-hybridized carbons (Fsp3) is 0.190. The van der Waals surface area contributed by atoms with Crippen LogP contribution in [0.2, 0.25) is 0 Å². The van der Waals surface area contributed by atoms with Crippen LogP contribution in [0.4, 0.5) is 0 Å². The summed E-state index contributed by atoms with van der Waals surface area (Å²) in [4.78, 5) is 20.0. The Hall–Kier alpha value is -2.84. The summed E-state index contributed by atoms with van der Waals surface area (Å²) in [5.74, 6) is 0.0423. The second-order valence-electron chi connectivity index (χ2n) is 5.82. The number of hydrogen-bond acceptors (Lipinski definition) is 4. The van der Waals surface area contributed by atoms with Crippen molar-refractivity contribution in [1.82, 2.24) is 9.97 Å². The summed E-state index contributed by atoms with van der Waals surface area (Å²) in [6, 6.07) is 16.2. The Bertz CT molecular complexity index is 1040. The number of benzene rings is 2. The molecule has 26 heavy (non-hydrogen) atoms. The van der Waals surface area contributed by atoms with Gasteiger partial charge >= 0.3 is 0 Å². The number of H-pyrrole nitrogens is 1. The van der Waals surface area contributed by atoms with E-state index < -0.39 is 5.92 Å². The maximum atomic E-state index is 12.5. The lowest BCUT2D eigenvalue weighted by Gasteiger charge is -2.16. The molecule has 1 aromatic heterocycles. The molecule has 0 saturated heterocycles. The van der Waals surface area contributed by atoms with E-state index in [2.05, 4.69) is 22.6 Å². The topological polar surface area (TPSA) is 69.5 Å². The summed E-state index contributed by atoms with van der Waals surface area (Å²) in [5, 5.41) is 12.5. The van der Waals surface area contributed by atoms with Crippen molar-refractivity contribution in [3.05, 3.63) is 82.3 Å². The van der Waals surface area contributed by atoms with E-state index in [9.17, 15) is 10.1 Å². The Kier molecular flexibility index (Phi) is 5.55. The van der Waals surface area contributed by atoms with Crippen molar-refractivity contribution in [2.75, 3.05) is 5.75 Å². The number of nitrogens with one attached hydrogen (secondary N) is 1. The normalized spacial score (nSPS) is 11.8. The Balaban J connectivity index is 2.21. The average Bonchev–Trinajstić information content (AvgIpc) is 2.67. The van der Waals surface area contributed by atoms with Gasteiger partial charge in [0, 0.05) is 11.3 Å². The Morgan fingerprint density at radius 2 is 2.08 bits per heavy atom. The van der Waals surface area contributed by atoms with Gasteiger partial charge in [0.2, 0.25) is 0 Å². The van der Waals surface area contributed by atoms with Crippen molar-refractivity contribution in [3.8, 4) is 6.07 Å². The predicted octanol–water partition coefficient (Wildman–Crippen LogP) is 4.42. The molecule has 0 aliphatic heterocycles. The Morgan fingerprint density at radius 3 is 2.81 bits per heavy atom. The van der Waals surface area contributed by atoms with Crippen LogP contribution < -0.4 is 5.56 Å². The second-order valence-corrected chi connectivity index (χ2v) is 6.83. The highest BCUT2D eigenvalue weighted by molar-refractivity contribution is 7.99. The van der Waals surface area contributed by atoms with Crippen molar-refractivity contribution in [3.63, 3.8) is 0 Å². The largest absolute Gasteiger partial charge is 0.301 e. The second kappa shape index (κ2) is 8.03. The Morgan fingerprint density at radius 1 is 1.31 bits per heavy atom. The van der Waals surface area contributed by atoms with Gasteiger partial charge in [0.1, 0.15) is 5.92 Å². The highest BCUT2D eigenvalue weighted by atomic mass is 32.2. The van der Waals surface area contributed by atoms with Crippen LogP contribution in [0.3, 0.4) is 0 Å². The zero-order valence-corrected chi connectivity index (χ0v) is 15.3. The van der Waals surface area contributed by atoms with E-state index in [1.165, 1.54) is 11.8 Å². The molecule has 4 nitrogen and oxygen atoms in total. The maximum Gasteiger partial charge on any atom is 0.255 e. The molecule has 1 atom stereocenters. The van der Waals surface area contributed by atoms with Crippen LogP contribution in [0.1, 0.15) is 29.7 Å². The minimum absolute atomic E-state index is 0.176. The lowest BCUT2D eigenvalue weighted by molar-refractivity contribution is 0.809. The van der Waals surface area contributed by atoms with Crippen LogP contribution in [-0.4, -0.2) is 15.7 Å². The smallest absolute Gasteiger partial charge is 0.255 e. The van der Waals surface area contributed by atoms with Gasteiger partial charge in [-0.15, -0.1) is 6.58 Å². The van der Waals surface area contributed by atoms with Gasteiger partial charge in [0.05, 0.1) is 11.8 Å². The van der Waals surface area contributed by atoms with Crippen molar-refractivity contribution < 1.29 is 0 Å². The number of fused-ring (bicyclic) bond motifs is 1. The van der Waals surface area contributed by atoms with Gasteiger partial charge < -0.3 is 4.98 Å². The van der Waals surface area contributed by atoms with Gasteiger partial charge in [0.25, 0.3) is 5.56 Å². The first kappa shape index (κ1) is 18.0. The quantitative estimate of drug-likeness (QED) is 0.401. The van der Waals surface area contributed by atoms with E-state index in [0.717, 1.165) is 16.3 Å². The molecule has 0 aliphatic carbocycles. The minimum atomic E-state index is -0.596. The number of aromatic amines is 1. The Labute approximate surface area is 156 Å². The van der Waals surface area contributed by atoms with Crippen molar-refractivity contribution >= 4 is 22.5 Å². The zero-order chi connectivity index (χ0) is 18.5. The maximum absolute atomic E-state index is 12.5. The molecule has 5 heteroatoms. The number of hydrogen-bond donors (Lipinski definition) is 1. The molecule has 0 radical (unpaired) electrons. The third-order valence-corrected chi connectivity index (χ3v) is 5.12.